The van der Waals surface area contributed by atoms with Gasteiger partial charge in [-0.3, -0.25) is 10.1 Å². The van der Waals surface area contributed by atoms with E-state index in [0.29, 0.717) is 6.04 Å². The van der Waals surface area contributed by atoms with Gasteiger partial charge in [0, 0.05) is 34.9 Å². The molecule has 15 heavy (non-hydrogen) atoms. The molecule has 2 N–H and O–H groups in total. The first-order valence-electron chi connectivity index (χ1n) is 4.88. The maximum absolute atomic E-state index is 4.04. The lowest BCUT2D eigenvalue weighted by atomic mass is 10.1. The van der Waals surface area contributed by atoms with Gasteiger partial charge in [0.2, 0.25) is 0 Å². The highest BCUT2D eigenvalue weighted by Crippen LogP contribution is 2.15. The van der Waals surface area contributed by atoms with Gasteiger partial charge in [-0.1, -0.05) is 0 Å². The molecule has 0 saturated heterocycles. The number of aromatic amines is 1. The van der Waals surface area contributed by atoms with Crippen molar-refractivity contribution >= 4 is 11.3 Å². The Morgan fingerprint density at radius 2 is 2.40 bits per heavy atom. The molecule has 2 aromatic heterocycles. The van der Waals surface area contributed by atoms with Crippen LogP contribution < -0.4 is 5.32 Å². The lowest BCUT2D eigenvalue weighted by molar-refractivity contribution is 0.576. The van der Waals surface area contributed by atoms with Gasteiger partial charge in [0.15, 0.2) is 0 Å². The molecule has 80 valence electrons. The average Bonchev–Trinajstić information content (AvgIpc) is 2.84. The van der Waals surface area contributed by atoms with Crippen molar-refractivity contribution < 1.29 is 0 Å². The SMILES string of the molecule is Cc1[nH]ncc1C(C)NCc1cncs1. The Hall–Kier alpha value is -1.20. The standard InChI is InChI=1S/C10H14N4S/c1-7(10-5-13-14-8(10)2)12-4-9-3-11-6-15-9/h3,5-7,12H,4H2,1-2H3,(H,13,14). The van der Waals surface area contributed by atoms with E-state index < -0.39 is 0 Å². The third kappa shape index (κ3) is 2.43. The van der Waals surface area contributed by atoms with E-state index in [1.165, 1.54) is 10.4 Å². The molecule has 0 fully saturated rings. The second-order valence-electron chi connectivity index (χ2n) is 3.52. The molecule has 0 radical (unpaired) electrons. The molecule has 0 aromatic carbocycles. The van der Waals surface area contributed by atoms with Gasteiger partial charge in [-0.25, -0.2) is 0 Å². The Labute approximate surface area is 92.8 Å². The minimum Gasteiger partial charge on any atom is -0.305 e. The van der Waals surface area contributed by atoms with Crippen LogP contribution in [-0.4, -0.2) is 15.2 Å². The zero-order valence-electron chi connectivity index (χ0n) is 8.82. The number of hydrogen-bond acceptors (Lipinski definition) is 4. The van der Waals surface area contributed by atoms with Gasteiger partial charge in [-0.05, 0) is 13.8 Å². The van der Waals surface area contributed by atoms with E-state index in [2.05, 4.69) is 27.4 Å². The highest BCUT2D eigenvalue weighted by molar-refractivity contribution is 7.09. The fraction of sp³-hybridized carbons (Fsp3) is 0.400. The van der Waals surface area contributed by atoms with Crippen LogP contribution in [0.1, 0.15) is 29.1 Å². The van der Waals surface area contributed by atoms with Gasteiger partial charge in [-0.2, -0.15) is 5.10 Å². The summed E-state index contributed by atoms with van der Waals surface area (Å²) < 4.78 is 0. The van der Waals surface area contributed by atoms with Crippen molar-refractivity contribution in [3.8, 4) is 0 Å². The molecular weight excluding hydrogens is 208 g/mol. The van der Waals surface area contributed by atoms with Crippen LogP contribution in [-0.2, 0) is 6.54 Å². The summed E-state index contributed by atoms with van der Waals surface area (Å²) >= 11 is 1.67. The van der Waals surface area contributed by atoms with Crippen LogP contribution >= 0.6 is 11.3 Å². The predicted octanol–water partition coefficient (Wildman–Crippen LogP) is 2.03. The summed E-state index contributed by atoms with van der Waals surface area (Å²) in [5.41, 5.74) is 4.20. The Bertz CT molecular complexity index is 407. The molecule has 0 spiro atoms. The second-order valence-corrected chi connectivity index (χ2v) is 4.49. The van der Waals surface area contributed by atoms with Crippen molar-refractivity contribution in [3.05, 3.63) is 34.0 Å². The van der Waals surface area contributed by atoms with E-state index in [0.717, 1.165) is 12.2 Å². The Morgan fingerprint density at radius 3 is 3.00 bits per heavy atom. The Balaban J connectivity index is 1.93. The van der Waals surface area contributed by atoms with Crippen LogP contribution in [0.5, 0.6) is 0 Å². The largest absolute Gasteiger partial charge is 0.305 e. The maximum Gasteiger partial charge on any atom is 0.0794 e. The smallest absolute Gasteiger partial charge is 0.0794 e. The lowest BCUT2D eigenvalue weighted by Crippen LogP contribution is -2.17. The van der Waals surface area contributed by atoms with Gasteiger partial charge in [0.25, 0.3) is 0 Å². The summed E-state index contributed by atoms with van der Waals surface area (Å²) in [5, 5.41) is 10.4. The highest BCUT2D eigenvalue weighted by atomic mass is 32.1. The van der Waals surface area contributed by atoms with Crippen molar-refractivity contribution in [2.75, 3.05) is 0 Å². The first-order valence-corrected chi connectivity index (χ1v) is 5.76. The molecule has 2 heterocycles. The average molecular weight is 222 g/mol. The van der Waals surface area contributed by atoms with Crippen LogP contribution in [0.25, 0.3) is 0 Å². The topological polar surface area (TPSA) is 53.6 Å². The molecule has 4 nitrogen and oxygen atoms in total. The lowest BCUT2D eigenvalue weighted by Gasteiger charge is -2.11. The van der Waals surface area contributed by atoms with Gasteiger partial charge < -0.3 is 5.32 Å². The zero-order chi connectivity index (χ0) is 10.7. The minimum absolute atomic E-state index is 0.311. The molecule has 1 unspecified atom stereocenters. The monoisotopic (exact) mass is 222 g/mol. The first kappa shape index (κ1) is 10.3. The van der Waals surface area contributed by atoms with E-state index in [9.17, 15) is 0 Å². The van der Waals surface area contributed by atoms with Crippen LogP contribution in [0.15, 0.2) is 17.9 Å². The molecule has 5 heteroatoms. The first-order chi connectivity index (χ1) is 7.27. The molecule has 2 aromatic rings. The molecule has 0 bridgehead atoms. The predicted molar refractivity (Wildman–Crippen MR) is 60.7 cm³/mol. The van der Waals surface area contributed by atoms with Crippen molar-refractivity contribution in [2.24, 2.45) is 0 Å². The third-order valence-electron chi connectivity index (χ3n) is 2.40. The third-order valence-corrected chi connectivity index (χ3v) is 3.18. The molecule has 0 saturated carbocycles. The van der Waals surface area contributed by atoms with E-state index in [1.54, 1.807) is 11.3 Å². The van der Waals surface area contributed by atoms with Crippen molar-refractivity contribution in [2.45, 2.75) is 26.4 Å². The molecular formula is C10H14N4S. The summed E-state index contributed by atoms with van der Waals surface area (Å²) in [5.74, 6) is 0. The van der Waals surface area contributed by atoms with E-state index in [4.69, 9.17) is 0 Å². The summed E-state index contributed by atoms with van der Waals surface area (Å²) in [7, 11) is 0. The molecule has 0 amide bonds. The molecule has 0 aliphatic carbocycles. The van der Waals surface area contributed by atoms with Gasteiger partial charge in [-0.15, -0.1) is 11.3 Å². The molecule has 1 atom stereocenters. The second kappa shape index (κ2) is 4.55. The van der Waals surface area contributed by atoms with E-state index >= 15 is 0 Å². The Morgan fingerprint density at radius 1 is 1.53 bits per heavy atom. The van der Waals surface area contributed by atoms with E-state index in [1.807, 2.05) is 24.8 Å². The number of aryl methyl sites for hydroxylation is 1. The van der Waals surface area contributed by atoms with Gasteiger partial charge in [0.1, 0.15) is 0 Å². The van der Waals surface area contributed by atoms with Crippen LogP contribution in [0.2, 0.25) is 0 Å². The van der Waals surface area contributed by atoms with Crippen molar-refractivity contribution in [1.82, 2.24) is 20.5 Å². The number of nitrogens with one attached hydrogen (secondary N) is 2. The summed E-state index contributed by atoms with van der Waals surface area (Å²) in [6, 6.07) is 0.311. The number of hydrogen-bond donors (Lipinski definition) is 2. The number of aromatic nitrogens is 3. The number of H-pyrrole nitrogens is 1. The van der Waals surface area contributed by atoms with Gasteiger partial charge >= 0.3 is 0 Å². The fourth-order valence-electron chi connectivity index (χ4n) is 1.49. The summed E-state index contributed by atoms with van der Waals surface area (Å²) in [4.78, 5) is 5.29. The van der Waals surface area contributed by atoms with E-state index in [-0.39, 0.29) is 0 Å². The van der Waals surface area contributed by atoms with Crippen LogP contribution in [0.4, 0.5) is 0 Å². The fourth-order valence-corrected chi connectivity index (χ4v) is 2.04. The number of thiazole rings is 1. The number of rotatable bonds is 4. The number of nitrogens with zero attached hydrogens (tertiary/aromatic N) is 2. The molecule has 2 rings (SSSR count). The van der Waals surface area contributed by atoms with Crippen LogP contribution in [0.3, 0.4) is 0 Å². The van der Waals surface area contributed by atoms with Crippen molar-refractivity contribution in [1.29, 1.82) is 0 Å². The quantitative estimate of drug-likeness (QED) is 0.832. The summed E-state index contributed by atoms with van der Waals surface area (Å²) in [6.07, 6.45) is 3.77. The normalized spacial score (nSPS) is 12.9. The zero-order valence-corrected chi connectivity index (χ0v) is 9.64. The molecule has 0 aliphatic rings. The highest BCUT2D eigenvalue weighted by Gasteiger charge is 2.09. The minimum atomic E-state index is 0.311. The summed E-state index contributed by atoms with van der Waals surface area (Å²) in [6.45, 7) is 5.03. The molecule has 0 aliphatic heterocycles. The van der Waals surface area contributed by atoms with Gasteiger partial charge in [0.05, 0.1) is 11.7 Å². The van der Waals surface area contributed by atoms with Crippen molar-refractivity contribution in [3.63, 3.8) is 0 Å². The maximum atomic E-state index is 4.04. The Kier molecular flexibility index (Phi) is 3.13. The van der Waals surface area contributed by atoms with Crippen LogP contribution in [0, 0.1) is 6.92 Å².